The quantitative estimate of drug-likeness (QED) is 0.515. The maximum atomic E-state index is 2.94. The van der Waals surface area contributed by atoms with Gasteiger partial charge in [0.25, 0.3) is 0 Å². The molecule has 0 aromatic heterocycles. The summed E-state index contributed by atoms with van der Waals surface area (Å²) < 4.78 is 0. The van der Waals surface area contributed by atoms with Gasteiger partial charge in [-0.2, -0.15) is 0 Å². The molecule has 0 aromatic rings. The van der Waals surface area contributed by atoms with Crippen molar-refractivity contribution in [3.8, 4) is 0 Å². The van der Waals surface area contributed by atoms with Crippen LogP contribution >= 0.6 is 13.7 Å². The third kappa shape index (κ3) is 19.3. The van der Waals surface area contributed by atoms with Crippen LogP contribution in [0, 0.1) is 5.92 Å². The molecule has 0 rings (SSSR count). The fourth-order valence-corrected chi connectivity index (χ4v) is 0. The molecular formula is C5H12BrLi. The van der Waals surface area contributed by atoms with Crippen molar-refractivity contribution in [1.29, 1.82) is 0 Å². The summed E-state index contributed by atoms with van der Waals surface area (Å²) in [5.41, 5.74) is 0. The number of halogens is 1. The van der Waals surface area contributed by atoms with Gasteiger partial charge in [0.05, 0.1) is 0 Å². The summed E-state index contributed by atoms with van der Waals surface area (Å²) in [6.45, 7) is 6.64. The summed E-state index contributed by atoms with van der Waals surface area (Å²) in [5.74, 6) is 0.884. The van der Waals surface area contributed by atoms with Crippen LogP contribution in [0.5, 0.6) is 0 Å². The second-order valence-corrected chi connectivity index (χ2v) is 1.80. The molecule has 0 saturated heterocycles. The van der Waals surface area contributed by atoms with Crippen LogP contribution in [0.3, 0.4) is 0 Å². The first-order valence-electron chi connectivity index (χ1n) is 2.65. The van der Waals surface area contributed by atoms with Crippen molar-refractivity contribution in [3.63, 3.8) is 0 Å². The molecule has 40 valence electrons. The first kappa shape index (κ1) is 11.0. The molecule has 0 bridgehead atoms. The number of rotatable bonds is 1. The van der Waals surface area contributed by atoms with E-state index in [2.05, 4.69) is 34.5 Å². The molecular weight excluding hydrogens is 147 g/mol. The van der Waals surface area contributed by atoms with Gasteiger partial charge in [0.15, 0.2) is 0 Å². The van der Waals surface area contributed by atoms with Crippen molar-refractivity contribution < 1.29 is 0 Å². The molecule has 0 aromatic carbocycles. The molecule has 0 heterocycles. The van der Waals surface area contributed by atoms with Crippen molar-refractivity contribution in [3.05, 3.63) is 0 Å². The standard InChI is InChI=1S/C5H12.BrH.Li/c1-4-5(2)3;;/h5H,4H2,1-3H3;1H;/q;;+1/p-1. The van der Waals surface area contributed by atoms with Gasteiger partial charge in [-0.05, 0) is 5.92 Å². The van der Waals surface area contributed by atoms with Crippen LogP contribution in [0.15, 0.2) is 0 Å². The van der Waals surface area contributed by atoms with Crippen LogP contribution in [-0.4, -0.2) is 15.8 Å². The SMILES string of the molecule is CCC(C)C.[Li][Br]. The normalized spacial score (nSPS) is 7.86. The summed E-state index contributed by atoms with van der Waals surface area (Å²) in [6, 6.07) is 0. The minimum absolute atomic E-state index is 0.884. The first-order chi connectivity index (χ1) is 3.27. The van der Waals surface area contributed by atoms with Gasteiger partial charge in [0.1, 0.15) is 0 Å². The van der Waals surface area contributed by atoms with Gasteiger partial charge in [-0.3, -0.25) is 0 Å². The van der Waals surface area contributed by atoms with Crippen molar-refractivity contribution in [2.45, 2.75) is 27.2 Å². The Kier molecular flexibility index (Phi) is 15.9. The molecule has 0 radical (unpaired) electrons. The molecule has 0 aliphatic carbocycles. The summed E-state index contributed by atoms with van der Waals surface area (Å²) >= 11 is 4.75. The van der Waals surface area contributed by atoms with Crippen LogP contribution in [0.2, 0.25) is 0 Å². The Balaban J connectivity index is 0. The van der Waals surface area contributed by atoms with Gasteiger partial charge in [-0.1, -0.05) is 27.2 Å². The fraction of sp³-hybridized carbons (Fsp3) is 1.00. The molecule has 0 aliphatic heterocycles. The van der Waals surface area contributed by atoms with Crippen LogP contribution in [0.1, 0.15) is 27.2 Å². The van der Waals surface area contributed by atoms with Crippen LogP contribution in [0.4, 0.5) is 0 Å². The van der Waals surface area contributed by atoms with E-state index < -0.39 is 0 Å². The molecule has 0 nitrogen and oxygen atoms in total. The molecule has 2 heteroatoms. The van der Waals surface area contributed by atoms with Crippen molar-refractivity contribution >= 4 is 29.5 Å². The summed E-state index contributed by atoms with van der Waals surface area (Å²) in [6.07, 6.45) is 1.31. The van der Waals surface area contributed by atoms with Gasteiger partial charge in [0, 0.05) is 0 Å². The third-order valence-electron chi connectivity index (χ3n) is 0.816. The van der Waals surface area contributed by atoms with E-state index in [1.165, 1.54) is 6.42 Å². The molecule has 0 N–H and O–H groups in total. The Hall–Kier alpha value is 1.08. The second-order valence-electron chi connectivity index (χ2n) is 1.80. The van der Waals surface area contributed by atoms with Gasteiger partial charge < -0.3 is 0 Å². The maximum absolute atomic E-state index is 2.94. The number of hydrogen-bond donors (Lipinski definition) is 0. The van der Waals surface area contributed by atoms with Crippen molar-refractivity contribution in [1.82, 2.24) is 0 Å². The van der Waals surface area contributed by atoms with E-state index in [0.29, 0.717) is 0 Å². The summed E-state index contributed by atoms with van der Waals surface area (Å²) in [7, 11) is 0. The molecule has 0 amide bonds. The topological polar surface area (TPSA) is 0 Å². The average molecular weight is 159 g/mol. The molecule has 7 heavy (non-hydrogen) atoms. The fourth-order valence-electron chi connectivity index (χ4n) is 0. The molecule has 0 atom stereocenters. The Bertz CT molecular complexity index is 22.0. The predicted molar refractivity (Wildman–Crippen MR) is 39.8 cm³/mol. The Labute approximate surface area is 62.7 Å². The molecule has 0 saturated carbocycles. The van der Waals surface area contributed by atoms with Gasteiger partial charge in [-0.25, -0.2) is 0 Å². The zero-order valence-corrected chi connectivity index (χ0v) is 7.25. The Morgan fingerprint density at radius 3 is 1.57 bits per heavy atom. The molecule has 0 fully saturated rings. The van der Waals surface area contributed by atoms with E-state index in [9.17, 15) is 0 Å². The summed E-state index contributed by atoms with van der Waals surface area (Å²) in [5, 5.41) is 0. The van der Waals surface area contributed by atoms with Gasteiger partial charge in [0.2, 0.25) is 0 Å². The van der Waals surface area contributed by atoms with E-state index in [0.717, 1.165) is 5.92 Å². The van der Waals surface area contributed by atoms with Crippen LogP contribution in [-0.2, 0) is 0 Å². The minimum atomic E-state index is 0.884. The predicted octanol–water partition coefficient (Wildman–Crippen LogP) is 2.52. The van der Waals surface area contributed by atoms with E-state index in [1.54, 1.807) is 0 Å². The monoisotopic (exact) mass is 158 g/mol. The van der Waals surface area contributed by atoms with Crippen LogP contribution < -0.4 is 0 Å². The molecule has 0 unspecified atom stereocenters. The van der Waals surface area contributed by atoms with E-state index in [-0.39, 0.29) is 0 Å². The van der Waals surface area contributed by atoms with Crippen molar-refractivity contribution in [2.75, 3.05) is 0 Å². The van der Waals surface area contributed by atoms with Gasteiger partial charge in [-0.15, -0.1) is 0 Å². The Morgan fingerprint density at radius 1 is 1.43 bits per heavy atom. The van der Waals surface area contributed by atoms with Crippen molar-refractivity contribution in [2.24, 2.45) is 5.92 Å². The molecule has 0 spiro atoms. The van der Waals surface area contributed by atoms with E-state index in [4.69, 9.17) is 0 Å². The van der Waals surface area contributed by atoms with Gasteiger partial charge >= 0.3 is 29.5 Å². The van der Waals surface area contributed by atoms with E-state index >= 15 is 0 Å². The van der Waals surface area contributed by atoms with E-state index in [1.807, 2.05) is 15.8 Å². The zero-order chi connectivity index (χ0) is 6.28. The summed E-state index contributed by atoms with van der Waals surface area (Å²) in [4.78, 5) is 0. The Morgan fingerprint density at radius 2 is 1.57 bits per heavy atom. The first-order valence-corrected chi connectivity index (χ1v) is 4.23. The van der Waals surface area contributed by atoms with Crippen LogP contribution in [0.25, 0.3) is 0 Å². The second kappa shape index (κ2) is 10.1. The number of hydrogen-bond acceptors (Lipinski definition) is 0. The average Bonchev–Trinajstić information content (AvgIpc) is 1.73. The third-order valence-corrected chi connectivity index (χ3v) is 0.816. The zero-order valence-electron chi connectivity index (χ0n) is 5.66. The molecule has 0 aliphatic rings.